The van der Waals surface area contributed by atoms with Gasteiger partial charge < -0.3 is 10.2 Å². The van der Waals surface area contributed by atoms with Gasteiger partial charge >= 0.3 is 92.9 Å². The molecule has 2 N–H and O–H groups in total. The number of rotatable bonds is 4. The van der Waals surface area contributed by atoms with Crippen molar-refractivity contribution < 1.29 is 19.8 Å². The van der Waals surface area contributed by atoms with Crippen LogP contribution in [0.3, 0.4) is 0 Å². The van der Waals surface area contributed by atoms with Gasteiger partial charge in [-0.05, 0) is 17.4 Å². The van der Waals surface area contributed by atoms with Gasteiger partial charge in [-0.15, -0.1) is 0 Å². The summed E-state index contributed by atoms with van der Waals surface area (Å²) in [7, 11) is 0. The molecule has 0 amide bonds. The molecule has 6 heteroatoms. The van der Waals surface area contributed by atoms with E-state index in [1.807, 2.05) is 6.07 Å². The van der Waals surface area contributed by atoms with Crippen molar-refractivity contribution in [3.63, 3.8) is 0 Å². The van der Waals surface area contributed by atoms with E-state index in [1.165, 1.54) is 0 Å². The fourth-order valence-electron chi connectivity index (χ4n) is 2.05. The van der Waals surface area contributed by atoms with E-state index in [9.17, 15) is 19.8 Å². The van der Waals surface area contributed by atoms with Gasteiger partial charge in [-0.25, -0.2) is 0 Å². The molecule has 20 heavy (non-hydrogen) atoms. The molecule has 0 atom stereocenters. The predicted octanol–water partition coefficient (Wildman–Crippen LogP) is 1.13. The standard InChI is InChI=1S/C14H18O4.K.Na.2H/c1-13(2,3)14(11(15)16,12(17)18)9-10-7-5-4-6-8-10;;;;/h4-8H,9H2,1-3H3,(H,15,16)(H,17,18);;;;. The zero-order valence-corrected chi connectivity index (χ0v) is 10.8. The summed E-state index contributed by atoms with van der Waals surface area (Å²) in [6.07, 6.45) is -0.0258. The average molecular weight is 314 g/mol. The second-order valence-corrected chi connectivity index (χ2v) is 5.43. The van der Waals surface area contributed by atoms with Gasteiger partial charge in [0.25, 0.3) is 0 Å². The molecule has 1 aromatic carbocycles. The van der Waals surface area contributed by atoms with E-state index >= 15 is 0 Å². The minimum atomic E-state index is -1.83. The van der Waals surface area contributed by atoms with Gasteiger partial charge in [0.2, 0.25) is 0 Å². The Morgan fingerprint density at radius 3 is 1.70 bits per heavy atom. The summed E-state index contributed by atoms with van der Waals surface area (Å²) < 4.78 is 0. The van der Waals surface area contributed by atoms with E-state index in [-0.39, 0.29) is 87.4 Å². The van der Waals surface area contributed by atoms with Crippen LogP contribution < -0.4 is 0 Å². The van der Waals surface area contributed by atoms with Gasteiger partial charge in [-0.1, -0.05) is 51.1 Å². The van der Waals surface area contributed by atoms with Crippen LogP contribution in [0.5, 0.6) is 0 Å². The Bertz CT molecular complexity index is 440. The van der Waals surface area contributed by atoms with Crippen LogP contribution in [0.1, 0.15) is 26.3 Å². The van der Waals surface area contributed by atoms with Crippen molar-refractivity contribution in [3.05, 3.63) is 35.9 Å². The summed E-state index contributed by atoms with van der Waals surface area (Å²) >= 11 is 0. The first kappa shape index (κ1) is 23.1. The Morgan fingerprint density at radius 2 is 1.40 bits per heavy atom. The van der Waals surface area contributed by atoms with Gasteiger partial charge in [0.15, 0.2) is 5.41 Å². The number of hydrogen-bond donors (Lipinski definition) is 2. The molecule has 1 rings (SSSR count). The first-order valence-corrected chi connectivity index (χ1v) is 5.72. The van der Waals surface area contributed by atoms with Crippen LogP contribution in [0.25, 0.3) is 0 Å². The third-order valence-corrected chi connectivity index (χ3v) is 3.32. The van der Waals surface area contributed by atoms with Crippen molar-refractivity contribution in [2.24, 2.45) is 10.8 Å². The molecule has 0 saturated carbocycles. The normalized spacial score (nSPS) is 10.9. The van der Waals surface area contributed by atoms with Crippen molar-refractivity contribution in [2.45, 2.75) is 27.2 Å². The van der Waals surface area contributed by atoms with Crippen LogP contribution >= 0.6 is 0 Å². The fraction of sp³-hybridized carbons (Fsp3) is 0.429. The number of carboxylic acid groups (broad SMARTS) is 2. The summed E-state index contributed by atoms with van der Waals surface area (Å²) in [6.45, 7) is 4.91. The van der Waals surface area contributed by atoms with Gasteiger partial charge in [-0.2, -0.15) is 0 Å². The van der Waals surface area contributed by atoms with Crippen molar-refractivity contribution in [2.75, 3.05) is 0 Å². The molecule has 0 aliphatic rings. The summed E-state index contributed by atoms with van der Waals surface area (Å²) in [6, 6.07) is 8.83. The summed E-state index contributed by atoms with van der Waals surface area (Å²) in [5.74, 6) is -2.60. The molecule has 0 spiro atoms. The Hall–Kier alpha value is 0.796. The van der Waals surface area contributed by atoms with E-state index in [0.29, 0.717) is 5.56 Å². The van der Waals surface area contributed by atoms with Crippen LogP contribution in [-0.4, -0.2) is 103 Å². The summed E-state index contributed by atoms with van der Waals surface area (Å²) in [4.78, 5) is 23.1. The molecule has 0 radical (unpaired) electrons. The maximum absolute atomic E-state index is 11.5. The van der Waals surface area contributed by atoms with Gasteiger partial charge in [0.1, 0.15) is 0 Å². The minimum absolute atomic E-state index is 0. The number of aliphatic carboxylic acids is 2. The molecule has 102 valence electrons. The Labute approximate surface area is 184 Å². The van der Waals surface area contributed by atoms with E-state index in [1.54, 1.807) is 45.0 Å². The summed E-state index contributed by atoms with van der Waals surface area (Å²) in [5, 5.41) is 18.8. The molecular formula is C14H20KNaO4. The SMILES string of the molecule is CC(C)(C)C(Cc1ccccc1)(C(=O)O)C(=O)O.[KH].[NaH]. The van der Waals surface area contributed by atoms with Crippen LogP contribution in [0.15, 0.2) is 30.3 Å². The maximum atomic E-state index is 11.5. The zero-order valence-electron chi connectivity index (χ0n) is 10.8. The molecule has 0 bridgehead atoms. The molecule has 1 aromatic rings. The van der Waals surface area contributed by atoms with Crippen molar-refractivity contribution in [1.29, 1.82) is 0 Å². The monoisotopic (exact) mass is 314 g/mol. The first-order chi connectivity index (χ1) is 8.22. The third-order valence-electron chi connectivity index (χ3n) is 3.32. The van der Waals surface area contributed by atoms with Gasteiger partial charge in [0, 0.05) is 0 Å². The first-order valence-electron chi connectivity index (χ1n) is 5.72. The Morgan fingerprint density at radius 1 is 1.00 bits per heavy atom. The van der Waals surface area contributed by atoms with Gasteiger partial charge in [-0.3, -0.25) is 9.59 Å². The van der Waals surface area contributed by atoms with Crippen molar-refractivity contribution >= 4 is 92.9 Å². The molecule has 0 aliphatic carbocycles. The molecule has 0 fully saturated rings. The quantitative estimate of drug-likeness (QED) is 0.645. The number of carboxylic acids is 2. The molecule has 0 heterocycles. The third kappa shape index (κ3) is 4.92. The predicted molar refractivity (Wildman–Crippen MR) is 81.6 cm³/mol. The second-order valence-electron chi connectivity index (χ2n) is 5.43. The zero-order chi connectivity index (χ0) is 14.0. The van der Waals surface area contributed by atoms with Crippen LogP contribution in [0.4, 0.5) is 0 Å². The van der Waals surface area contributed by atoms with E-state index < -0.39 is 22.8 Å². The Balaban J connectivity index is 0. The average Bonchev–Trinajstić information content (AvgIpc) is 2.24. The van der Waals surface area contributed by atoms with Crippen molar-refractivity contribution in [1.82, 2.24) is 0 Å². The second kappa shape index (κ2) is 9.05. The van der Waals surface area contributed by atoms with Crippen LogP contribution in [-0.2, 0) is 16.0 Å². The molecule has 4 nitrogen and oxygen atoms in total. The van der Waals surface area contributed by atoms with E-state index in [2.05, 4.69) is 0 Å². The van der Waals surface area contributed by atoms with Crippen LogP contribution in [0.2, 0.25) is 0 Å². The number of hydrogen-bond acceptors (Lipinski definition) is 2. The van der Waals surface area contributed by atoms with E-state index in [0.717, 1.165) is 0 Å². The molecule has 0 aromatic heterocycles. The van der Waals surface area contributed by atoms with Crippen molar-refractivity contribution in [3.8, 4) is 0 Å². The Kier molecular flexibility index (Phi) is 10.4. The summed E-state index contributed by atoms with van der Waals surface area (Å²) in [5.41, 5.74) is -2.01. The van der Waals surface area contributed by atoms with Gasteiger partial charge in [0.05, 0.1) is 0 Å². The fourth-order valence-corrected chi connectivity index (χ4v) is 2.05. The topological polar surface area (TPSA) is 74.6 Å². The number of carbonyl (C=O) groups is 2. The van der Waals surface area contributed by atoms with E-state index in [4.69, 9.17) is 0 Å². The number of benzene rings is 1. The molecular weight excluding hydrogens is 294 g/mol. The molecule has 0 saturated heterocycles. The molecule has 0 unspecified atom stereocenters. The molecule has 0 aliphatic heterocycles. The van der Waals surface area contributed by atoms with Crippen LogP contribution in [0, 0.1) is 10.8 Å².